The lowest BCUT2D eigenvalue weighted by atomic mass is 9.99. The average Bonchev–Trinajstić information content (AvgIpc) is 2.44. The number of benzene rings is 2. The number of ether oxygens (including phenoxy) is 1. The van der Waals surface area contributed by atoms with Crippen molar-refractivity contribution in [2.75, 3.05) is 13.7 Å². The van der Waals surface area contributed by atoms with E-state index >= 15 is 0 Å². The monoisotopic (exact) mass is 243 g/mol. The van der Waals surface area contributed by atoms with Gasteiger partial charge in [-0.2, -0.15) is 0 Å². The Morgan fingerprint density at radius 1 is 1.28 bits per heavy atom. The van der Waals surface area contributed by atoms with E-state index in [1.807, 2.05) is 36.4 Å². The van der Waals surface area contributed by atoms with Crippen LogP contribution in [-0.2, 0) is 0 Å². The first kappa shape index (κ1) is 12.2. The maximum atomic E-state index is 9.30. The summed E-state index contributed by atoms with van der Waals surface area (Å²) in [4.78, 5) is 2.77. The van der Waals surface area contributed by atoms with E-state index in [1.165, 1.54) is 0 Å². The van der Waals surface area contributed by atoms with E-state index in [0.717, 1.165) is 22.1 Å². The fourth-order valence-corrected chi connectivity index (χ4v) is 2.02. The van der Waals surface area contributed by atoms with Gasteiger partial charge in [0.2, 0.25) is 0 Å². The topological polar surface area (TPSA) is 78.2 Å². The first-order valence-corrected chi connectivity index (χ1v) is 5.52. The summed E-state index contributed by atoms with van der Waals surface area (Å²) in [5, 5.41) is 14.8. The number of methoxy groups -OCH3 is 1. The van der Waals surface area contributed by atoms with Crippen LogP contribution in [0.15, 0.2) is 41.5 Å². The summed E-state index contributed by atoms with van der Waals surface area (Å²) in [6.45, 7) is -0.222. The van der Waals surface area contributed by atoms with Crippen LogP contribution >= 0.6 is 0 Å². The molecule has 2 rings (SSSR count). The predicted molar refractivity (Wildman–Crippen MR) is 69.5 cm³/mol. The van der Waals surface area contributed by atoms with Gasteiger partial charge < -0.3 is 9.84 Å². The normalized spacial score (nSPS) is 11.9. The predicted octanol–water partition coefficient (Wildman–Crippen LogP) is 3.19. The lowest BCUT2D eigenvalue weighted by Crippen LogP contribution is -2.01. The zero-order chi connectivity index (χ0) is 13.0. The summed E-state index contributed by atoms with van der Waals surface area (Å²) < 4.78 is 5.29. The number of azide groups is 1. The van der Waals surface area contributed by atoms with Crippen molar-refractivity contribution in [1.29, 1.82) is 0 Å². The summed E-state index contributed by atoms with van der Waals surface area (Å²) in [5.74, 6) is 0.756. The summed E-state index contributed by atoms with van der Waals surface area (Å²) in [5.41, 5.74) is 9.32. The Hall–Kier alpha value is -2.23. The number of nitrogens with zero attached hydrogens (tertiary/aromatic N) is 3. The van der Waals surface area contributed by atoms with Crippen molar-refractivity contribution in [2.45, 2.75) is 6.04 Å². The molecule has 0 fully saturated rings. The Kier molecular flexibility index (Phi) is 3.67. The largest absolute Gasteiger partial charge is 0.496 e. The number of hydrogen-bond acceptors (Lipinski definition) is 3. The van der Waals surface area contributed by atoms with Gasteiger partial charge in [0.05, 0.1) is 19.8 Å². The van der Waals surface area contributed by atoms with Gasteiger partial charge in [0.15, 0.2) is 0 Å². The van der Waals surface area contributed by atoms with E-state index in [4.69, 9.17) is 10.3 Å². The van der Waals surface area contributed by atoms with E-state index < -0.39 is 6.04 Å². The van der Waals surface area contributed by atoms with Crippen LogP contribution in [0.2, 0.25) is 0 Å². The van der Waals surface area contributed by atoms with E-state index in [9.17, 15) is 5.11 Å². The second-order valence-electron chi connectivity index (χ2n) is 3.81. The van der Waals surface area contributed by atoms with E-state index in [2.05, 4.69) is 10.0 Å². The molecule has 0 bridgehead atoms. The Morgan fingerprint density at radius 3 is 2.61 bits per heavy atom. The number of aliphatic hydroxyl groups excluding tert-OH is 1. The van der Waals surface area contributed by atoms with Crippen molar-refractivity contribution in [3.8, 4) is 5.75 Å². The second kappa shape index (κ2) is 5.40. The van der Waals surface area contributed by atoms with Crippen molar-refractivity contribution in [3.63, 3.8) is 0 Å². The van der Waals surface area contributed by atoms with Crippen molar-refractivity contribution < 1.29 is 9.84 Å². The molecular weight excluding hydrogens is 230 g/mol. The van der Waals surface area contributed by atoms with Crippen LogP contribution in [0.1, 0.15) is 11.6 Å². The minimum atomic E-state index is -0.578. The average molecular weight is 243 g/mol. The Morgan fingerprint density at radius 2 is 2.00 bits per heavy atom. The number of aliphatic hydroxyl groups is 1. The molecule has 0 aromatic heterocycles. The summed E-state index contributed by atoms with van der Waals surface area (Å²) in [6, 6.07) is 10.7. The quantitative estimate of drug-likeness (QED) is 0.508. The molecule has 0 aliphatic rings. The van der Waals surface area contributed by atoms with Gasteiger partial charge in [-0.25, -0.2) is 0 Å². The van der Waals surface area contributed by atoms with Gasteiger partial charge in [-0.05, 0) is 22.5 Å². The molecule has 0 amide bonds. The highest BCUT2D eigenvalue weighted by molar-refractivity contribution is 5.91. The van der Waals surface area contributed by atoms with E-state index in [1.54, 1.807) is 7.11 Å². The molecule has 0 radical (unpaired) electrons. The zero-order valence-electron chi connectivity index (χ0n) is 9.95. The molecule has 2 aromatic rings. The molecule has 5 heteroatoms. The molecule has 0 saturated heterocycles. The van der Waals surface area contributed by atoms with Gasteiger partial charge in [-0.1, -0.05) is 35.4 Å². The molecule has 1 unspecified atom stereocenters. The van der Waals surface area contributed by atoms with Crippen LogP contribution in [0.4, 0.5) is 0 Å². The van der Waals surface area contributed by atoms with Crippen molar-refractivity contribution in [1.82, 2.24) is 0 Å². The lowest BCUT2D eigenvalue weighted by molar-refractivity contribution is 0.268. The van der Waals surface area contributed by atoms with Gasteiger partial charge in [-0.3, -0.25) is 0 Å². The molecule has 5 nitrogen and oxygen atoms in total. The van der Waals surface area contributed by atoms with Gasteiger partial charge in [0, 0.05) is 10.3 Å². The van der Waals surface area contributed by atoms with Crippen LogP contribution in [0, 0.1) is 0 Å². The Balaban J connectivity index is 2.69. The fraction of sp³-hybridized carbons (Fsp3) is 0.231. The van der Waals surface area contributed by atoms with Crippen molar-refractivity contribution >= 4 is 10.8 Å². The highest BCUT2D eigenvalue weighted by Crippen LogP contribution is 2.32. The third-order valence-electron chi connectivity index (χ3n) is 2.86. The molecule has 18 heavy (non-hydrogen) atoms. The van der Waals surface area contributed by atoms with Crippen LogP contribution in [0.5, 0.6) is 5.75 Å². The van der Waals surface area contributed by atoms with Crippen LogP contribution in [0.25, 0.3) is 21.2 Å². The molecule has 0 saturated carbocycles. The van der Waals surface area contributed by atoms with Gasteiger partial charge in [0.1, 0.15) is 5.75 Å². The second-order valence-corrected chi connectivity index (χ2v) is 3.81. The molecule has 0 heterocycles. The fourth-order valence-electron chi connectivity index (χ4n) is 2.02. The summed E-state index contributed by atoms with van der Waals surface area (Å²) in [7, 11) is 1.61. The van der Waals surface area contributed by atoms with Gasteiger partial charge >= 0.3 is 0 Å². The Labute approximate surface area is 104 Å². The highest BCUT2D eigenvalue weighted by Gasteiger charge is 2.13. The van der Waals surface area contributed by atoms with E-state index in [-0.39, 0.29) is 6.61 Å². The van der Waals surface area contributed by atoms with Crippen molar-refractivity contribution in [3.05, 3.63) is 52.4 Å². The highest BCUT2D eigenvalue weighted by atomic mass is 16.5. The number of hydrogen-bond donors (Lipinski definition) is 1. The maximum Gasteiger partial charge on any atom is 0.126 e. The smallest absolute Gasteiger partial charge is 0.126 e. The maximum absolute atomic E-state index is 9.30. The summed E-state index contributed by atoms with van der Waals surface area (Å²) in [6.07, 6.45) is 0. The summed E-state index contributed by atoms with van der Waals surface area (Å²) >= 11 is 0. The zero-order valence-corrected chi connectivity index (χ0v) is 9.95. The number of fused-ring (bicyclic) bond motifs is 1. The Bertz CT molecular complexity index is 606. The standard InChI is InChI=1S/C13H13N3O2/c1-18-13-7-6-10(12(8-17)15-16-14)9-4-2-3-5-11(9)13/h2-7,12,17H,8H2,1H3. The third-order valence-corrected chi connectivity index (χ3v) is 2.86. The van der Waals surface area contributed by atoms with E-state index in [0.29, 0.717) is 0 Å². The van der Waals surface area contributed by atoms with Crippen molar-refractivity contribution in [2.24, 2.45) is 5.11 Å². The molecule has 1 N–H and O–H groups in total. The minimum Gasteiger partial charge on any atom is -0.496 e. The first-order chi connectivity index (χ1) is 8.81. The molecular formula is C13H13N3O2. The molecule has 0 aliphatic heterocycles. The van der Waals surface area contributed by atoms with Crippen LogP contribution < -0.4 is 4.74 Å². The van der Waals surface area contributed by atoms with Crippen LogP contribution in [0.3, 0.4) is 0 Å². The molecule has 0 spiro atoms. The molecule has 92 valence electrons. The third kappa shape index (κ3) is 2.09. The molecule has 1 atom stereocenters. The van der Waals surface area contributed by atoms with Gasteiger partial charge in [0.25, 0.3) is 0 Å². The SMILES string of the molecule is COc1ccc(C(CO)N=[N+]=[N-])c2ccccc12. The molecule has 2 aromatic carbocycles. The first-order valence-electron chi connectivity index (χ1n) is 5.52. The van der Waals surface area contributed by atoms with Gasteiger partial charge in [-0.15, -0.1) is 0 Å². The van der Waals surface area contributed by atoms with Crippen LogP contribution in [-0.4, -0.2) is 18.8 Å². The number of rotatable bonds is 4. The minimum absolute atomic E-state index is 0.222. The molecule has 0 aliphatic carbocycles. The lowest BCUT2D eigenvalue weighted by Gasteiger charge is -2.14.